The van der Waals surface area contributed by atoms with Crippen molar-refractivity contribution in [3.05, 3.63) is 52.1 Å². The fourth-order valence-electron chi connectivity index (χ4n) is 1.41. The second-order valence-corrected chi connectivity index (χ2v) is 4.50. The van der Waals surface area contributed by atoms with E-state index in [2.05, 4.69) is 26.2 Å². The van der Waals surface area contributed by atoms with Crippen LogP contribution in [0.5, 0.6) is 0 Å². The highest BCUT2D eigenvalue weighted by Crippen LogP contribution is 2.21. The fourth-order valence-corrected chi connectivity index (χ4v) is 1.79. The van der Waals surface area contributed by atoms with Crippen molar-refractivity contribution in [2.45, 2.75) is 0 Å². The lowest BCUT2D eigenvalue weighted by molar-refractivity contribution is 0.102. The van der Waals surface area contributed by atoms with Gasteiger partial charge in [-0.1, -0.05) is 0 Å². The van der Waals surface area contributed by atoms with E-state index in [0.29, 0.717) is 5.69 Å². The molecule has 0 atom stereocenters. The van der Waals surface area contributed by atoms with Crippen molar-refractivity contribution in [1.29, 1.82) is 0 Å². The van der Waals surface area contributed by atoms with Crippen LogP contribution in [-0.2, 0) is 0 Å². The summed E-state index contributed by atoms with van der Waals surface area (Å²) in [6.07, 6.45) is 1.23. The quantitative estimate of drug-likeness (QED) is 0.891. The van der Waals surface area contributed by atoms with Crippen molar-refractivity contribution in [3.63, 3.8) is 0 Å². The molecule has 0 aliphatic carbocycles. The molecule has 1 aromatic carbocycles. The first-order valence-electron chi connectivity index (χ1n) is 5.15. The predicted octanol–water partition coefficient (Wildman–Crippen LogP) is 2.96. The number of amides is 1. The molecule has 0 aliphatic rings. The van der Waals surface area contributed by atoms with Gasteiger partial charge in [-0.15, -0.1) is 0 Å². The van der Waals surface area contributed by atoms with Crippen LogP contribution in [0.1, 0.15) is 10.4 Å². The second kappa shape index (κ2) is 5.31. The summed E-state index contributed by atoms with van der Waals surface area (Å²) in [5.74, 6) is -2.39. The van der Waals surface area contributed by atoms with Crippen molar-refractivity contribution in [2.75, 3.05) is 11.1 Å². The maximum Gasteiger partial charge on any atom is 0.258 e. The highest BCUT2D eigenvalue weighted by molar-refractivity contribution is 9.10. The first kappa shape index (κ1) is 13.4. The monoisotopic (exact) mass is 327 g/mol. The van der Waals surface area contributed by atoms with Crippen LogP contribution in [-0.4, -0.2) is 10.9 Å². The first-order chi connectivity index (χ1) is 8.99. The molecule has 98 valence electrons. The van der Waals surface area contributed by atoms with Crippen LogP contribution in [0, 0.1) is 11.6 Å². The Labute approximate surface area is 115 Å². The maximum atomic E-state index is 13.6. The number of rotatable bonds is 2. The number of pyridine rings is 1. The van der Waals surface area contributed by atoms with E-state index in [-0.39, 0.29) is 15.9 Å². The lowest BCUT2D eigenvalue weighted by Crippen LogP contribution is -2.15. The number of nitrogen functional groups attached to an aromatic ring is 1. The summed E-state index contributed by atoms with van der Waals surface area (Å²) in [6.45, 7) is 0. The zero-order chi connectivity index (χ0) is 14.0. The Kier molecular flexibility index (Phi) is 3.75. The molecule has 19 heavy (non-hydrogen) atoms. The van der Waals surface area contributed by atoms with Gasteiger partial charge in [-0.3, -0.25) is 4.79 Å². The smallest absolute Gasteiger partial charge is 0.258 e. The third-order valence-electron chi connectivity index (χ3n) is 2.34. The van der Waals surface area contributed by atoms with E-state index in [9.17, 15) is 13.6 Å². The van der Waals surface area contributed by atoms with Gasteiger partial charge < -0.3 is 11.1 Å². The molecule has 4 nitrogen and oxygen atoms in total. The number of aromatic nitrogens is 1. The van der Waals surface area contributed by atoms with Crippen LogP contribution in [0.15, 0.2) is 34.9 Å². The number of nitrogens with two attached hydrogens (primary N) is 1. The SMILES string of the molecule is Nc1nccc(C(=O)Nc2ccc(F)c(Br)c2)c1F. The molecular formula is C12H8BrF2N3O. The predicted molar refractivity (Wildman–Crippen MR) is 70.7 cm³/mol. The summed E-state index contributed by atoms with van der Waals surface area (Å²) < 4.78 is 26.8. The molecule has 0 aliphatic heterocycles. The molecule has 2 aromatic rings. The van der Waals surface area contributed by atoms with Crippen molar-refractivity contribution < 1.29 is 13.6 Å². The van der Waals surface area contributed by atoms with Crippen LogP contribution in [0.2, 0.25) is 0 Å². The van der Waals surface area contributed by atoms with Gasteiger partial charge in [0.25, 0.3) is 5.91 Å². The summed E-state index contributed by atoms with van der Waals surface area (Å²) >= 11 is 2.99. The number of hydrogen-bond acceptors (Lipinski definition) is 3. The van der Waals surface area contributed by atoms with E-state index in [1.807, 2.05) is 0 Å². The molecule has 7 heteroatoms. The van der Waals surface area contributed by atoms with Gasteiger partial charge in [0.2, 0.25) is 0 Å². The summed E-state index contributed by atoms with van der Waals surface area (Å²) in [4.78, 5) is 15.4. The average Bonchev–Trinajstić information content (AvgIpc) is 2.37. The number of anilines is 2. The number of benzene rings is 1. The van der Waals surface area contributed by atoms with E-state index in [4.69, 9.17) is 5.73 Å². The molecule has 0 saturated carbocycles. The van der Waals surface area contributed by atoms with E-state index >= 15 is 0 Å². The summed E-state index contributed by atoms with van der Waals surface area (Å²) in [6, 6.07) is 5.12. The van der Waals surface area contributed by atoms with Crippen LogP contribution in [0.4, 0.5) is 20.3 Å². The molecular weight excluding hydrogens is 320 g/mol. The summed E-state index contributed by atoms with van der Waals surface area (Å²) in [7, 11) is 0. The van der Waals surface area contributed by atoms with Crippen molar-refractivity contribution in [2.24, 2.45) is 0 Å². The molecule has 0 radical (unpaired) electrons. The Bertz CT molecular complexity index is 649. The lowest BCUT2D eigenvalue weighted by Gasteiger charge is -2.07. The number of carbonyl (C=O) groups is 1. The van der Waals surface area contributed by atoms with Crippen LogP contribution in [0.3, 0.4) is 0 Å². The number of nitrogens with zero attached hydrogens (tertiary/aromatic N) is 1. The molecule has 0 saturated heterocycles. The van der Waals surface area contributed by atoms with Gasteiger partial charge in [-0.2, -0.15) is 0 Å². The van der Waals surface area contributed by atoms with Crippen LogP contribution in [0.25, 0.3) is 0 Å². The topological polar surface area (TPSA) is 68.0 Å². The Morgan fingerprint density at radius 2 is 2.05 bits per heavy atom. The third kappa shape index (κ3) is 2.87. The fraction of sp³-hybridized carbons (Fsp3) is 0. The number of carbonyl (C=O) groups excluding carboxylic acids is 1. The van der Waals surface area contributed by atoms with Crippen molar-refractivity contribution in [1.82, 2.24) is 4.98 Å². The van der Waals surface area contributed by atoms with E-state index in [1.54, 1.807) is 0 Å². The van der Waals surface area contributed by atoms with Gasteiger partial charge in [0.15, 0.2) is 11.6 Å². The van der Waals surface area contributed by atoms with Crippen molar-refractivity contribution in [3.8, 4) is 0 Å². The third-order valence-corrected chi connectivity index (χ3v) is 2.95. The highest BCUT2D eigenvalue weighted by Gasteiger charge is 2.15. The maximum absolute atomic E-state index is 13.6. The molecule has 1 amide bonds. The normalized spacial score (nSPS) is 10.3. The average molecular weight is 328 g/mol. The minimum Gasteiger partial charge on any atom is -0.381 e. The minimum absolute atomic E-state index is 0.194. The molecule has 0 bridgehead atoms. The van der Waals surface area contributed by atoms with E-state index < -0.39 is 17.5 Å². The molecule has 0 unspecified atom stereocenters. The highest BCUT2D eigenvalue weighted by atomic mass is 79.9. The van der Waals surface area contributed by atoms with Crippen LogP contribution >= 0.6 is 15.9 Å². The van der Waals surface area contributed by atoms with E-state index in [0.717, 1.165) is 0 Å². The van der Waals surface area contributed by atoms with Gasteiger partial charge in [0.05, 0.1) is 10.0 Å². The second-order valence-electron chi connectivity index (χ2n) is 3.64. The minimum atomic E-state index is -0.888. The summed E-state index contributed by atoms with van der Waals surface area (Å²) in [5.41, 5.74) is 5.37. The molecule has 0 fully saturated rings. The number of hydrogen-bond donors (Lipinski definition) is 2. The molecule has 3 N–H and O–H groups in total. The largest absolute Gasteiger partial charge is 0.381 e. The Hall–Kier alpha value is -2.02. The van der Waals surface area contributed by atoms with Gasteiger partial charge in [0.1, 0.15) is 5.82 Å². The number of nitrogens with one attached hydrogen (secondary N) is 1. The molecule has 2 rings (SSSR count). The molecule has 0 spiro atoms. The van der Waals surface area contributed by atoms with Gasteiger partial charge >= 0.3 is 0 Å². The summed E-state index contributed by atoms with van der Waals surface area (Å²) in [5, 5.41) is 2.44. The van der Waals surface area contributed by atoms with Gasteiger partial charge in [0, 0.05) is 11.9 Å². The first-order valence-corrected chi connectivity index (χ1v) is 5.94. The number of halogens is 3. The molecule has 1 aromatic heterocycles. The van der Waals surface area contributed by atoms with Gasteiger partial charge in [-0.05, 0) is 40.2 Å². The van der Waals surface area contributed by atoms with E-state index in [1.165, 1.54) is 30.5 Å². The standard InChI is InChI=1S/C12H8BrF2N3O/c13-8-5-6(1-2-9(8)14)18-12(19)7-3-4-17-11(16)10(7)15/h1-5H,(H2,16,17)(H,18,19). The zero-order valence-corrected chi connectivity index (χ0v) is 11.0. The Balaban J connectivity index is 2.26. The Morgan fingerprint density at radius 3 is 2.74 bits per heavy atom. The molecule has 1 heterocycles. The van der Waals surface area contributed by atoms with Crippen molar-refractivity contribution >= 4 is 33.3 Å². The Morgan fingerprint density at radius 1 is 1.32 bits per heavy atom. The lowest BCUT2D eigenvalue weighted by atomic mass is 10.2. The van der Waals surface area contributed by atoms with Crippen LogP contribution < -0.4 is 11.1 Å². The zero-order valence-electron chi connectivity index (χ0n) is 9.45. The van der Waals surface area contributed by atoms with Gasteiger partial charge in [-0.25, -0.2) is 13.8 Å².